The number of likely N-dealkylation sites (tertiary alicyclic amines) is 1. The van der Waals surface area contributed by atoms with Gasteiger partial charge in [-0.2, -0.15) is 0 Å². The van der Waals surface area contributed by atoms with Crippen molar-refractivity contribution in [2.45, 2.75) is 18.8 Å². The maximum absolute atomic E-state index is 12.8. The highest BCUT2D eigenvalue weighted by Gasteiger charge is 2.27. The van der Waals surface area contributed by atoms with Gasteiger partial charge >= 0.3 is 0 Å². The number of carbonyl (C=O) groups excluding carboxylic acids is 1. The summed E-state index contributed by atoms with van der Waals surface area (Å²) in [6, 6.07) is 10.00. The van der Waals surface area contributed by atoms with E-state index in [1.54, 1.807) is 0 Å². The Balaban J connectivity index is 1.43. The van der Waals surface area contributed by atoms with Gasteiger partial charge < -0.3 is 9.47 Å². The summed E-state index contributed by atoms with van der Waals surface area (Å²) in [5, 5.41) is 2.77. The lowest BCUT2D eigenvalue weighted by Crippen LogP contribution is -2.38. The molecule has 0 N–H and O–H groups in total. The third-order valence-corrected chi connectivity index (χ3v) is 5.69. The van der Waals surface area contributed by atoms with Crippen LogP contribution in [0.5, 0.6) is 0 Å². The molecule has 0 saturated carbocycles. The van der Waals surface area contributed by atoms with Crippen LogP contribution in [0, 0.1) is 0 Å². The number of hydrogen-bond acceptors (Lipinski definition) is 4. The van der Waals surface area contributed by atoms with E-state index in [2.05, 4.69) is 14.5 Å². The van der Waals surface area contributed by atoms with Crippen LogP contribution in [0.3, 0.4) is 0 Å². The summed E-state index contributed by atoms with van der Waals surface area (Å²) in [7, 11) is 2.03. The minimum Gasteiger partial charge on any atom is -0.337 e. The Kier molecular flexibility index (Phi) is 4.36. The summed E-state index contributed by atoms with van der Waals surface area (Å²) in [4.78, 5) is 23.4. The molecule has 0 unspecified atom stereocenters. The van der Waals surface area contributed by atoms with Gasteiger partial charge in [-0.15, -0.1) is 11.3 Å². The van der Waals surface area contributed by atoms with Crippen LogP contribution in [-0.2, 0) is 7.05 Å². The molecule has 5 nitrogen and oxygen atoms in total. The number of piperidine rings is 1. The molecule has 1 aromatic carbocycles. The predicted molar refractivity (Wildman–Crippen MR) is 98.6 cm³/mol. The Labute approximate surface area is 151 Å². The normalized spacial score (nSPS) is 15.5. The number of benzene rings is 1. The third kappa shape index (κ3) is 3.22. The van der Waals surface area contributed by atoms with Gasteiger partial charge in [-0.3, -0.25) is 4.79 Å². The molecule has 0 atom stereocenters. The lowest BCUT2D eigenvalue weighted by molar-refractivity contribution is 0.0706. The number of amides is 1. The molecule has 3 aromatic rings. The molecular formula is C19H20N4OS. The molecule has 1 aliphatic rings. The van der Waals surface area contributed by atoms with Gasteiger partial charge in [-0.1, -0.05) is 30.3 Å². The molecule has 1 amide bonds. The van der Waals surface area contributed by atoms with E-state index in [-0.39, 0.29) is 5.91 Å². The van der Waals surface area contributed by atoms with Gasteiger partial charge in [-0.05, 0) is 12.8 Å². The first kappa shape index (κ1) is 16.0. The fourth-order valence-corrected chi connectivity index (χ4v) is 4.19. The fraction of sp³-hybridized carbons (Fsp3) is 0.316. The van der Waals surface area contributed by atoms with Crippen molar-refractivity contribution >= 4 is 17.2 Å². The zero-order valence-corrected chi connectivity index (χ0v) is 14.9. The molecule has 4 rings (SSSR count). The number of aromatic nitrogens is 3. The number of nitrogens with zero attached hydrogens (tertiary/aromatic N) is 4. The molecule has 0 spiro atoms. The zero-order valence-electron chi connectivity index (χ0n) is 14.1. The highest BCUT2D eigenvalue weighted by atomic mass is 32.1. The van der Waals surface area contributed by atoms with Crippen LogP contribution >= 0.6 is 11.3 Å². The Hall–Kier alpha value is -2.47. The van der Waals surface area contributed by atoms with E-state index in [0.29, 0.717) is 11.6 Å². The van der Waals surface area contributed by atoms with Crippen molar-refractivity contribution in [3.63, 3.8) is 0 Å². The maximum atomic E-state index is 12.8. The Morgan fingerprint density at radius 1 is 1.20 bits per heavy atom. The fourth-order valence-electron chi connectivity index (χ4n) is 3.39. The van der Waals surface area contributed by atoms with Crippen molar-refractivity contribution in [2.24, 2.45) is 7.05 Å². The van der Waals surface area contributed by atoms with Gasteiger partial charge in [0.1, 0.15) is 10.7 Å². The number of hydrogen-bond donors (Lipinski definition) is 0. The van der Waals surface area contributed by atoms with Gasteiger partial charge in [0.2, 0.25) is 0 Å². The molecule has 1 fully saturated rings. The quantitative estimate of drug-likeness (QED) is 0.724. The van der Waals surface area contributed by atoms with Crippen molar-refractivity contribution < 1.29 is 4.79 Å². The predicted octanol–water partition coefficient (Wildman–Crippen LogP) is 3.56. The second-order valence-electron chi connectivity index (χ2n) is 6.40. The second-order valence-corrected chi connectivity index (χ2v) is 7.26. The topological polar surface area (TPSA) is 51.0 Å². The van der Waals surface area contributed by atoms with Crippen molar-refractivity contribution in [2.75, 3.05) is 13.1 Å². The summed E-state index contributed by atoms with van der Waals surface area (Å²) in [5.74, 6) is 0.522. The van der Waals surface area contributed by atoms with Crippen molar-refractivity contribution in [3.05, 3.63) is 59.6 Å². The SMILES string of the molecule is Cn1cncc1C1CCN(C(=O)c2csc(-c3ccccc3)n2)CC1. The Bertz CT molecular complexity index is 862. The van der Waals surface area contributed by atoms with E-state index in [1.165, 1.54) is 17.0 Å². The summed E-state index contributed by atoms with van der Waals surface area (Å²) >= 11 is 1.53. The smallest absolute Gasteiger partial charge is 0.273 e. The second kappa shape index (κ2) is 6.80. The minimum absolute atomic E-state index is 0.0434. The number of aryl methyl sites for hydroxylation is 1. The summed E-state index contributed by atoms with van der Waals surface area (Å²) in [5.41, 5.74) is 2.87. The number of thiazole rings is 1. The van der Waals surface area contributed by atoms with Gasteiger partial charge in [0, 0.05) is 48.9 Å². The third-order valence-electron chi connectivity index (χ3n) is 4.80. The molecule has 2 aromatic heterocycles. The van der Waals surface area contributed by atoms with E-state index >= 15 is 0 Å². The first-order valence-electron chi connectivity index (χ1n) is 8.49. The van der Waals surface area contributed by atoms with Crippen LogP contribution in [0.25, 0.3) is 10.6 Å². The molecule has 3 heterocycles. The van der Waals surface area contributed by atoms with Gasteiger partial charge in [-0.25, -0.2) is 9.97 Å². The zero-order chi connectivity index (χ0) is 17.2. The van der Waals surface area contributed by atoms with Gasteiger partial charge in [0.25, 0.3) is 5.91 Å². The summed E-state index contributed by atoms with van der Waals surface area (Å²) < 4.78 is 2.08. The first-order valence-corrected chi connectivity index (χ1v) is 9.37. The van der Waals surface area contributed by atoms with Crippen LogP contribution < -0.4 is 0 Å². The molecule has 0 bridgehead atoms. The average molecular weight is 352 g/mol. The molecule has 1 aliphatic heterocycles. The first-order chi connectivity index (χ1) is 12.2. The van der Waals surface area contributed by atoms with Crippen LogP contribution in [0.15, 0.2) is 48.2 Å². The molecule has 25 heavy (non-hydrogen) atoms. The largest absolute Gasteiger partial charge is 0.337 e. The highest BCUT2D eigenvalue weighted by molar-refractivity contribution is 7.13. The van der Waals surface area contributed by atoms with E-state index in [4.69, 9.17) is 0 Å². The van der Waals surface area contributed by atoms with Gasteiger partial charge in [0.15, 0.2) is 0 Å². The van der Waals surface area contributed by atoms with Crippen LogP contribution in [0.1, 0.15) is 34.9 Å². The van der Waals surface area contributed by atoms with Crippen molar-refractivity contribution in [1.82, 2.24) is 19.4 Å². The molecule has 0 aliphatic carbocycles. The van der Waals surface area contributed by atoms with E-state index in [1.807, 2.05) is 60.2 Å². The average Bonchev–Trinajstić information content (AvgIpc) is 3.31. The summed E-state index contributed by atoms with van der Waals surface area (Å²) in [6.45, 7) is 1.54. The molecule has 1 saturated heterocycles. The van der Waals surface area contributed by atoms with Crippen LogP contribution in [0.4, 0.5) is 0 Å². The molecule has 128 valence electrons. The van der Waals surface area contributed by atoms with Gasteiger partial charge in [0.05, 0.1) is 6.33 Å². The van der Waals surface area contributed by atoms with E-state index < -0.39 is 0 Å². The number of imidazole rings is 1. The molecule has 0 radical (unpaired) electrons. The highest BCUT2D eigenvalue weighted by Crippen LogP contribution is 2.29. The molecule has 6 heteroatoms. The van der Waals surface area contributed by atoms with Crippen LogP contribution in [0.2, 0.25) is 0 Å². The summed E-state index contributed by atoms with van der Waals surface area (Å²) in [6.07, 6.45) is 5.73. The number of rotatable bonds is 3. The van der Waals surface area contributed by atoms with E-state index in [9.17, 15) is 4.79 Å². The van der Waals surface area contributed by atoms with Crippen molar-refractivity contribution in [1.29, 1.82) is 0 Å². The van der Waals surface area contributed by atoms with Crippen molar-refractivity contribution in [3.8, 4) is 10.6 Å². The maximum Gasteiger partial charge on any atom is 0.273 e. The monoisotopic (exact) mass is 352 g/mol. The standard InChI is InChI=1S/C19H20N4OS/c1-22-13-20-11-17(22)14-7-9-23(10-8-14)19(24)16-12-25-18(21-16)15-5-3-2-4-6-15/h2-6,11-14H,7-10H2,1H3. The lowest BCUT2D eigenvalue weighted by atomic mass is 9.93. The number of carbonyl (C=O) groups is 1. The van der Waals surface area contributed by atoms with Crippen LogP contribution in [-0.4, -0.2) is 38.4 Å². The Morgan fingerprint density at radius 3 is 2.64 bits per heavy atom. The minimum atomic E-state index is 0.0434. The lowest BCUT2D eigenvalue weighted by Gasteiger charge is -2.31. The van der Waals surface area contributed by atoms with E-state index in [0.717, 1.165) is 36.5 Å². The Morgan fingerprint density at radius 2 is 1.96 bits per heavy atom. The molecular weight excluding hydrogens is 332 g/mol.